The smallest absolute Gasteiger partial charge is 0.0991 e. The van der Waals surface area contributed by atoms with E-state index in [1.807, 2.05) is 24.3 Å². The Kier molecular flexibility index (Phi) is 5.96. The molecule has 2 nitrogen and oxygen atoms in total. The quantitative estimate of drug-likeness (QED) is 0.563. The minimum Gasteiger partial charge on any atom is -0.388 e. The maximum Gasteiger partial charge on any atom is 0.0991 e. The number of ether oxygens (including phenoxy) is 1. The first-order valence-corrected chi connectivity index (χ1v) is 3.20. The summed E-state index contributed by atoms with van der Waals surface area (Å²) < 4.78 is 4.25. The van der Waals surface area contributed by atoms with Gasteiger partial charge in [-0.25, -0.2) is 0 Å². The van der Waals surface area contributed by atoms with Gasteiger partial charge in [0.2, 0.25) is 0 Å². The lowest BCUT2D eigenvalue weighted by atomic mass is 10.2. The van der Waals surface area contributed by atoms with Crippen LogP contribution in [0.2, 0.25) is 0 Å². The largest absolute Gasteiger partial charge is 0.388 e. The van der Waals surface area contributed by atoms with E-state index in [4.69, 9.17) is 5.26 Å². The minimum atomic E-state index is 0.715. The third-order valence-electron chi connectivity index (χ3n) is 0.903. The van der Waals surface area contributed by atoms with Crippen LogP contribution < -0.4 is 0 Å². The van der Waals surface area contributed by atoms with Gasteiger partial charge in [-0.1, -0.05) is 18.2 Å². The number of nitrogens with zero attached hydrogens (tertiary/aromatic N) is 1. The first-order valence-electron chi connectivity index (χ1n) is 3.20. The Labute approximate surface area is 67.0 Å². The molecule has 0 N–H and O–H groups in total. The molecule has 0 aliphatic heterocycles. The lowest BCUT2D eigenvalue weighted by Gasteiger charge is -1.80. The monoisotopic (exact) mass is 149 g/mol. The van der Waals surface area contributed by atoms with Crippen LogP contribution in [0.15, 0.2) is 30.3 Å². The van der Waals surface area contributed by atoms with Crippen molar-refractivity contribution in [3.05, 3.63) is 35.9 Å². The van der Waals surface area contributed by atoms with E-state index in [0.717, 1.165) is 0 Å². The average Bonchev–Trinajstić information content (AvgIpc) is 2.08. The van der Waals surface area contributed by atoms with Gasteiger partial charge >= 0.3 is 0 Å². The zero-order chi connectivity index (χ0) is 8.53. The Hall–Kier alpha value is -1.33. The lowest BCUT2D eigenvalue weighted by molar-refractivity contribution is 0.277. The van der Waals surface area contributed by atoms with Gasteiger partial charge in [-0.3, -0.25) is 0 Å². The fourth-order valence-electron chi connectivity index (χ4n) is 0.513. The van der Waals surface area contributed by atoms with Crippen molar-refractivity contribution < 1.29 is 4.74 Å². The highest BCUT2D eigenvalue weighted by Gasteiger charge is 1.79. The van der Waals surface area contributed by atoms with Crippen LogP contribution in [0.1, 0.15) is 5.56 Å². The molecule has 0 heterocycles. The third kappa shape index (κ3) is 5.13. The molecule has 0 fully saturated rings. The van der Waals surface area contributed by atoms with E-state index < -0.39 is 0 Å². The maximum absolute atomic E-state index is 8.29. The van der Waals surface area contributed by atoms with E-state index in [1.54, 1.807) is 26.4 Å². The Morgan fingerprint density at radius 1 is 1.18 bits per heavy atom. The Morgan fingerprint density at radius 2 is 1.64 bits per heavy atom. The van der Waals surface area contributed by atoms with E-state index in [-0.39, 0.29) is 0 Å². The number of rotatable bonds is 0. The molecule has 0 spiro atoms. The van der Waals surface area contributed by atoms with E-state index in [2.05, 4.69) is 4.74 Å². The Bertz CT molecular complexity index is 213. The fourth-order valence-corrected chi connectivity index (χ4v) is 0.513. The van der Waals surface area contributed by atoms with Crippen LogP contribution in [0.3, 0.4) is 0 Å². The topological polar surface area (TPSA) is 33.0 Å². The molecule has 0 aliphatic rings. The van der Waals surface area contributed by atoms with Gasteiger partial charge in [0.1, 0.15) is 0 Å². The molecular formula is C9H11NO. The lowest BCUT2D eigenvalue weighted by Crippen LogP contribution is -1.66. The van der Waals surface area contributed by atoms with Crippen LogP contribution >= 0.6 is 0 Å². The molecule has 0 aliphatic carbocycles. The molecule has 0 unspecified atom stereocenters. The average molecular weight is 149 g/mol. The van der Waals surface area contributed by atoms with Gasteiger partial charge in [0.15, 0.2) is 0 Å². The van der Waals surface area contributed by atoms with Crippen molar-refractivity contribution >= 4 is 0 Å². The van der Waals surface area contributed by atoms with Crippen LogP contribution in [-0.2, 0) is 4.74 Å². The van der Waals surface area contributed by atoms with Gasteiger partial charge in [-0.2, -0.15) is 5.26 Å². The molecule has 0 radical (unpaired) electrons. The summed E-state index contributed by atoms with van der Waals surface area (Å²) in [5.41, 5.74) is 0.715. The second-order valence-electron chi connectivity index (χ2n) is 1.89. The van der Waals surface area contributed by atoms with Gasteiger partial charge in [-0.05, 0) is 12.1 Å². The minimum absolute atomic E-state index is 0.715. The van der Waals surface area contributed by atoms with Crippen molar-refractivity contribution in [3.63, 3.8) is 0 Å². The molecule has 0 saturated heterocycles. The first-order chi connectivity index (χ1) is 5.35. The van der Waals surface area contributed by atoms with Crippen LogP contribution in [-0.4, -0.2) is 14.2 Å². The van der Waals surface area contributed by atoms with E-state index in [1.165, 1.54) is 0 Å². The number of benzene rings is 1. The Balaban J connectivity index is 0.000000292. The van der Waals surface area contributed by atoms with Crippen molar-refractivity contribution in [2.45, 2.75) is 0 Å². The number of methoxy groups -OCH3 is 1. The summed E-state index contributed by atoms with van der Waals surface area (Å²) in [4.78, 5) is 0. The van der Waals surface area contributed by atoms with Crippen molar-refractivity contribution in [3.8, 4) is 6.07 Å². The zero-order valence-corrected chi connectivity index (χ0v) is 6.74. The highest BCUT2D eigenvalue weighted by atomic mass is 16.4. The van der Waals surface area contributed by atoms with Gasteiger partial charge in [0.25, 0.3) is 0 Å². The predicted molar refractivity (Wildman–Crippen MR) is 44.1 cm³/mol. The van der Waals surface area contributed by atoms with Crippen molar-refractivity contribution in [1.29, 1.82) is 5.26 Å². The van der Waals surface area contributed by atoms with Crippen molar-refractivity contribution in [2.24, 2.45) is 0 Å². The molecule has 0 atom stereocenters. The highest BCUT2D eigenvalue weighted by Crippen LogP contribution is 1.92. The Morgan fingerprint density at radius 3 is 1.91 bits per heavy atom. The highest BCUT2D eigenvalue weighted by molar-refractivity contribution is 5.27. The normalized spacial score (nSPS) is 7.36. The van der Waals surface area contributed by atoms with E-state index >= 15 is 0 Å². The van der Waals surface area contributed by atoms with Gasteiger partial charge < -0.3 is 4.74 Å². The van der Waals surface area contributed by atoms with Crippen LogP contribution in [0.25, 0.3) is 0 Å². The summed E-state index contributed by atoms with van der Waals surface area (Å²) in [5, 5.41) is 8.29. The standard InChI is InChI=1S/C7H5N.C2H6O/c8-6-7-4-2-1-3-5-7;1-3-2/h1-5H;1-2H3. The molecule has 1 rings (SSSR count). The van der Waals surface area contributed by atoms with Crippen LogP contribution in [0.4, 0.5) is 0 Å². The molecule has 1 aromatic rings. The summed E-state index contributed by atoms with van der Waals surface area (Å²) in [6, 6.07) is 11.2. The fraction of sp³-hybridized carbons (Fsp3) is 0.222. The molecule has 2 heteroatoms. The summed E-state index contributed by atoms with van der Waals surface area (Å²) in [5.74, 6) is 0. The predicted octanol–water partition coefficient (Wildman–Crippen LogP) is 1.82. The number of hydrogen-bond donors (Lipinski definition) is 0. The molecule has 11 heavy (non-hydrogen) atoms. The van der Waals surface area contributed by atoms with Crippen molar-refractivity contribution in [2.75, 3.05) is 14.2 Å². The SMILES string of the molecule is COC.N#Cc1ccccc1. The molecule has 0 aromatic heterocycles. The van der Waals surface area contributed by atoms with Gasteiger partial charge in [0.05, 0.1) is 11.6 Å². The van der Waals surface area contributed by atoms with Crippen LogP contribution in [0.5, 0.6) is 0 Å². The number of hydrogen-bond acceptors (Lipinski definition) is 2. The molecule has 58 valence electrons. The van der Waals surface area contributed by atoms with E-state index in [0.29, 0.717) is 5.56 Å². The first kappa shape index (κ1) is 9.67. The molecule has 0 amide bonds. The van der Waals surface area contributed by atoms with Gasteiger partial charge in [0, 0.05) is 14.2 Å². The number of nitriles is 1. The summed E-state index contributed by atoms with van der Waals surface area (Å²) in [7, 11) is 3.25. The summed E-state index contributed by atoms with van der Waals surface area (Å²) in [6.07, 6.45) is 0. The second kappa shape index (κ2) is 6.79. The molecular weight excluding hydrogens is 138 g/mol. The molecule has 1 aromatic carbocycles. The summed E-state index contributed by atoms with van der Waals surface area (Å²) in [6.45, 7) is 0. The van der Waals surface area contributed by atoms with E-state index in [9.17, 15) is 0 Å². The van der Waals surface area contributed by atoms with Crippen LogP contribution in [0, 0.1) is 11.3 Å². The summed E-state index contributed by atoms with van der Waals surface area (Å²) >= 11 is 0. The maximum atomic E-state index is 8.29. The molecule has 0 bridgehead atoms. The van der Waals surface area contributed by atoms with Gasteiger partial charge in [-0.15, -0.1) is 0 Å². The van der Waals surface area contributed by atoms with Crippen molar-refractivity contribution in [1.82, 2.24) is 0 Å². The molecule has 0 saturated carbocycles. The zero-order valence-electron chi connectivity index (χ0n) is 6.74. The second-order valence-corrected chi connectivity index (χ2v) is 1.89. The third-order valence-corrected chi connectivity index (χ3v) is 0.903.